The van der Waals surface area contributed by atoms with Crippen molar-refractivity contribution in [2.24, 2.45) is 0 Å². The van der Waals surface area contributed by atoms with Crippen LogP contribution in [0.15, 0.2) is 30.5 Å². The molecule has 0 aliphatic heterocycles. The van der Waals surface area contributed by atoms with Crippen molar-refractivity contribution in [2.45, 2.75) is 33.0 Å². The van der Waals surface area contributed by atoms with Crippen LogP contribution in [0.1, 0.15) is 26.3 Å². The van der Waals surface area contributed by atoms with E-state index in [9.17, 15) is 4.79 Å². The average Bonchev–Trinajstić information content (AvgIpc) is 3.10. The predicted octanol–water partition coefficient (Wildman–Crippen LogP) is 3.68. The lowest BCUT2D eigenvalue weighted by atomic mass is 10.2. The minimum absolute atomic E-state index is 0.229. The molecule has 166 valence electrons. The number of carbonyl (C=O) groups is 1. The van der Waals surface area contributed by atoms with E-state index in [0.29, 0.717) is 34.6 Å². The largest absolute Gasteiger partial charge is 0.493 e. The molecule has 3 rings (SSSR count). The van der Waals surface area contributed by atoms with Gasteiger partial charge in [-0.2, -0.15) is 0 Å². The van der Waals surface area contributed by atoms with Crippen LogP contribution >= 0.6 is 0 Å². The Balaban J connectivity index is 1.72. The average molecular weight is 430 g/mol. The fourth-order valence-electron chi connectivity index (χ4n) is 2.79. The minimum Gasteiger partial charge on any atom is -0.493 e. The summed E-state index contributed by atoms with van der Waals surface area (Å²) in [7, 11) is 4.66. The highest BCUT2D eigenvalue weighted by Gasteiger charge is 2.17. The lowest BCUT2D eigenvalue weighted by Crippen LogP contribution is -2.27. The fourth-order valence-corrected chi connectivity index (χ4v) is 2.79. The Morgan fingerprint density at radius 2 is 1.74 bits per heavy atom. The lowest BCUT2D eigenvalue weighted by molar-refractivity contribution is 0.0635. The molecule has 3 aromatic rings. The maximum Gasteiger partial charge on any atom is 0.413 e. The molecule has 31 heavy (non-hydrogen) atoms. The number of anilines is 1. The van der Waals surface area contributed by atoms with Gasteiger partial charge in [0.05, 0.1) is 27.5 Å². The first kappa shape index (κ1) is 22.0. The van der Waals surface area contributed by atoms with Crippen LogP contribution in [0.3, 0.4) is 0 Å². The first-order chi connectivity index (χ1) is 14.7. The third kappa shape index (κ3) is 5.47. The summed E-state index contributed by atoms with van der Waals surface area (Å²) in [6.45, 7) is 5.59. The highest BCUT2D eigenvalue weighted by Crippen LogP contribution is 2.38. The number of benzene rings is 1. The van der Waals surface area contributed by atoms with Gasteiger partial charge in [-0.25, -0.2) is 14.3 Å². The van der Waals surface area contributed by atoms with Crippen molar-refractivity contribution >= 4 is 17.6 Å². The van der Waals surface area contributed by atoms with Crippen LogP contribution in [0.4, 0.5) is 10.6 Å². The number of fused-ring (bicyclic) bond motifs is 1. The van der Waals surface area contributed by atoms with Crippen LogP contribution in [-0.2, 0) is 11.3 Å². The number of methoxy groups -OCH3 is 3. The molecule has 1 amide bonds. The van der Waals surface area contributed by atoms with Gasteiger partial charge in [0.25, 0.3) is 0 Å². The van der Waals surface area contributed by atoms with Crippen molar-refractivity contribution < 1.29 is 28.5 Å². The van der Waals surface area contributed by atoms with E-state index < -0.39 is 11.7 Å². The van der Waals surface area contributed by atoms with Gasteiger partial charge in [-0.3, -0.25) is 5.32 Å². The van der Waals surface area contributed by atoms with Crippen molar-refractivity contribution in [1.82, 2.24) is 14.6 Å². The van der Waals surface area contributed by atoms with E-state index in [2.05, 4.69) is 15.4 Å². The molecule has 0 radical (unpaired) electrons. The fraction of sp³-hybridized carbons (Fsp3) is 0.381. The van der Waals surface area contributed by atoms with E-state index in [0.717, 1.165) is 5.56 Å². The van der Waals surface area contributed by atoms with E-state index >= 15 is 0 Å². The molecule has 2 heterocycles. The van der Waals surface area contributed by atoms with E-state index in [1.54, 1.807) is 72.6 Å². The molecule has 0 bridgehead atoms. The maximum absolute atomic E-state index is 11.9. The number of rotatable bonds is 7. The highest BCUT2D eigenvalue weighted by atomic mass is 16.6. The van der Waals surface area contributed by atoms with Crippen LogP contribution in [0, 0.1) is 0 Å². The summed E-state index contributed by atoms with van der Waals surface area (Å²) in [5.41, 5.74) is 0.760. The van der Waals surface area contributed by atoms with E-state index in [4.69, 9.17) is 23.7 Å². The van der Waals surface area contributed by atoms with Crippen LogP contribution in [0.5, 0.6) is 23.1 Å². The standard InChI is InChI=1S/C21H26N4O6/c1-21(2,3)31-20(26)23-16-11-25-17(22-16)7-8-18(24-25)30-12-13-9-14(27-4)19(29-6)15(10-13)28-5/h7-11H,12H2,1-6H3,(H,23,26). The summed E-state index contributed by atoms with van der Waals surface area (Å²) in [5.74, 6) is 2.29. The molecule has 10 nitrogen and oxygen atoms in total. The lowest BCUT2D eigenvalue weighted by Gasteiger charge is -2.18. The summed E-state index contributed by atoms with van der Waals surface area (Å²) in [5, 5.41) is 6.95. The first-order valence-electron chi connectivity index (χ1n) is 9.50. The van der Waals surface area contributed by atoms with Crippen molar-refractivity contribution in [3.8, 4) is 23.1 Å². The van der Waals surface area contributed by atoms with Gasteiger partial charge in [-0.05, 0) is 44.5 Å². The molecule has 1 aromatic carbocycles. The number of nitrogens with zero attached hydrogens (tertiary/aromatic N) is 3. The minimum atomic E-state index is -0.602. The highest BCUT2D eigenvalue weighted by molar-refractivity contribution is 5.84. The number of nitrogens with one attached hydrogen (secondary N) is 1. The molecular weight excluding hydrogens is 404 g/mol. The third-order valence-electron chi connectivity index (χ3n) is 4.04. The molecule has 0 spiro atoms. The number of amides is 1. The van der Waals surface area contributed by atoms with Crippen molar-refractivity contribution in [3.05, 3.63) is 36.0 Å². The molecule has 10 heteroatoms. The molecule has 0 aliphatic rings. The SMILES string of the molecule is COc1cc(COc2ccc3nc(NC(=O)OC(C)(C)C)cn3n2)cc(OC)c1OC. The molecule has 2 aromatic heterocycles. The van der Waals surface area contributed by atoms with Gasteiger partial charge >= 0.3 is 6.09 Å². The number of ether oxygens (including phenoxy) is 5. The Morgan fingerprint density at radius 1 is 1.06 bits per heavy atom. The van der Waals surface area contributed by atoms with Gasteiger partial charge in [0.1, 0.15) is 12.2 Å². The van der Waals surface area contributed by atoms with Crippen molar-refractivity contribution in [2.75, 3.05) is 26.6 Å². The zero-order valence-electron chi connectivity index (χ0n) is 18.4. The molecule has 1 N–H and O–H groups in total. The Morgan fingerprint density at radius 3 is 2.32 bits per heavy atom. The summed E-state index contributed by atoms with van der Waals surface area (Å²) in [6.07, 6.45) is 0.987. The molecule has 0 fully saturated rings. The predicted molar refractivity (Wildman–Crippen MR) is 113 cm³/mol. The van der Waals surface area contributed by atoms with Gasteiger partial charge in [-0.1, -0.05) is 0 Å². The zero-order chi connectivity index (χ0) is 22.6. The number of hydrogen-bond donors (Lipinski definition) is 1. The van der Waals surface area contributed by atoms with E-state index in [-0.39, 0.29) is 6.61 Å². The summed E-state index contributed by atoms with van der Waals surface area (Å²) in [6, 6.07) is 7.04. The quantitative estimate of drug-likeness (QED) is 0.605. The third-order valence-corrected chi connectivity index (χ3v) is 4.04. The van der Waals surface area contributed by atoms with Crippen LogP contribution in [-0.4, -0.2) is 47.6 Å². The molecule has 0 aliphatic carbocycles. The molecule has 0 saturated carbocycles. The Labute approximate surface area is 180 Å². The van der Waals surface area contributed by atoms with Gasteiger partial charge in [0, 0.05) is 6.07 Å². The topological polar surface area (TPSA) is 105 Å². The van der Waals surface area contributed by atoms with Gasteiger partial charge in [0.2, 0.25) is 11.6 Å². The first-order valence-corrected chi connectivity index (χ1v) is 9.50. The second-order valence-electron chi connectivity index (χ2n) is 7.55. The smallest absolute Gasteiger partial charge is 0.413 e. The van der Waals surface area contributed by atoms with Crippen molar-refractivity contribution in [3.63, 3.8) is 0 Å². The molecular formula is C21H26N4O6. The molecule has 0 saturated heterocycles. The number of imidazole rings is 1. The number of carbonyl (C=O) groups excluding carboxylic acids is 1. The van der Waals surface area contributed by atoms with E-state index in [1.807, 2.05) is 0 Å². The molecule has 0 atom stereocenters. The van der Waals surface area contributed by atoms with E-state index in [1.165, 1.54) is 4.52 Å². The Bertz CT molecular complexity index is 1050. The van der Waals surface area contributed by atoms with Crippen molar-refractivity contribution in [1.29, 1.82) is 0 Å². The Hall–Kier alpha value is -3.69. The number of hydrogen-bond acceptors (Lipinski definition) is 8. The van der Waals surface area contributed by atoms with Gasteiger partial charge < -0.3 is 23.7 Å². The summed E-state index contributed by atoms with van der Waals surface area (Å²) < 4.78 is 28.6. The second kappa shape index (κ2) is 8.99. The van der Waals surface area contributed by atoms with Gasteiger partial charge in [-0.15, -0.1) is 5.10 Å². The normalized spacial score (nSPS) is 11.2. The van der Waals surface area contributed by atoms with Crippen LogP contribution < -0.4 is 24.3 Å². The second-order valence-corrected chi connectivity index (χ2v) is 7.55. The Kier molecular flexibility index (Phi) is 6.38. The molecule has 0 unspecified atom stereocenters. The monoisotopic (exact) mass is 430 g/mol. The van der Waals surface area contributed by atoms with Gasteiger partial charge in [0.15, 0.2) is 23.0 Å². The summed E-state index contributed by atoms with van der Waals surface area (Å²) >= 11 is 0. The maximum atomic E-state index is 11.9. The zero-order valence-corrected chi connectivity index (χ0v) is 18.4. The number of aromatic nitrogens is 3. The van der Waals surface area contributed by atoms with Crippen LogP contribution in [0.2, 0.25) is 0 Å². The van der Waals surface area contributed by atoms with Crippen LogP contribution in [0.25, 0.3) is 5.65 Å². The summed E-state index contributed by atoms with van der Waals surface area (Å²) in [4.78, 5) is 16.2.